The molecular formula is C12H24IN3O3. The molecule has 0 aliphatic carbocycles. The largest absolute Gasteiger partial charge is 0.376 e. The van der Waals surface area contributed by atoms with Crippen LogP contribution in [0.1, 0.15) is 12.8 Å². The number of rotatable bonds is 4. The van der Waals surface area contributed by atoms with Crippen LogP contribution in [0.3, 0.4) is 0 Å². The number of nitrogens with one attached hydrogen (secondary N) is 2. The van der Waals surface area contributed by atoms with E-state index in [1.807, 2.05) is 0 Å². The molecule has 6 nitrogen and oxygen atoms in total. The molecule has 0 amide bonds. The van der Waals surface area contributed by atoms with Gasteiger partial charge in [-0.3, -0.25) is 4.99 Å². The van der Waals surface area contributed by atoms with E-state index in [-0.39, 0.29) is 30.1 Å². The maximum atomic E-state index is 5.56. The Balaban J connectivity index is 0.00000180. The molecule has 2 N–H and O–H groups in total. The summed E-state index contributed by atoms with van der Waals surface area (Å²) in [5, 5.41) is 6.51. The van der Waals surface area contributed by atoms with Crippen LogP contribution in [0.5, 0.6) is 0 Å². The van der Waals surface area contributed by atoms with Gasteiger partial charge in [-0.2, -0.15) is 0 Å². The number of halogens is 1. The van der Waals surface area contributed by atoms with Crippen molar-refractivity contribution >= 4 is 29.9 Å². The molecule has 112 valence electrons. The van der Waals surface area contributed by atoms with Crippen LogP contribution in [0.25, 0.3) is 0 Å². The topological polar surface area (TPSA) is 64.1 Å². The van der Waals surface area contributed by atoms with Gasteiger partial charge in [-0.15, -0.1) is 24.0 Å². The molecule has 2 aliphatic rings. The standard InChI is InChI=1S/C12H23N3O3.HI/c1-13-12(14-7-10-3-2-4-17-10)15-8-11-9-16-5-6-18-11;/h10-11H,2-9H2,1H3,(H2,13,14,15);1H. The van der Waals surface area contributed by atoms with Gasteiger partial charge in [-0.05, 0) is 12.8 Å². The number of hydrogen-bond acceptors (Lipinski definition) is 4. The Kier molecular flexibility index (Phi) is 8.67. The van der Waals surface area contributed by atoms with E-state index < -0.39 is 0 Å². The molecule has 0 aromatic carbocycles. The lowest BCUT2D eigenvalue weighted by atomic mass is 10.2. The van der Waals surface area contributed by atoms with Crippen LogP contribution in [0.4, 0.5) is 0 Å². The van der Waals surface area contributed by atoms with Gasteiger partial charge in [0.1, 0.15) is 0 Å². The zero-order valence-electron chi connectivity index (χ0n) is 11.4. The number of nitrogens with zero attached hydrogens (tertiary/aromatic N) is 1. The van der Waals surface area contributed by atoms with Crippen molar-refractivity contribution in [3.05, 3.63) is 0 Å². The fourth-order valence-electron chi connectivity index (χ4n) is 2.10. The SMILES string of the molecule is CN=C(NCC1CCCO1)NCC1COCCO1.I. The van der Waals surface area contributed by atoms with E-state index >= 15 is 0 Å². The minimum atomic E-state index is 0. The first-order valence-electron chi connectivity index (χ1n) is 6.64. The Labute approximate surface area is 131 Å². The lowest BCUT2D eigenvalue weighted by Crippen LogP contribution is -2.46. The summed E-state index contributed by atoms with van der Waals surface area (Å²) >= 11 is 0. The van der Waals surface area contributed by atoms with E-state index in [1.165, 1.54) is 0 Å². The normalized spacial score (nSPS) is 27.7. The van der Waals surface area contributed by atoms with Crippen molar-refractivity contribution in [3.63, 3.8) is 0 Å². The van der Waals surface area contributed by atoms with Crippen LogP contribution < -0.4 is 10.6 Å². The zero-order chi connectivity index (χ0) is 12.6. The van der Waals surface area contributed by atoms with Gasteiger partial charge in [-0.1, -0.05) is 0 Å². The number of hydrogen-bond donors (Lipinski definition) is 2. The molecule has 0 bridgehead atoms. The molecule has 2 fully saturated rings. The van der Waals surface area contributed by atoms with E-state index in [2.05, 4.69) is 15.6 Å². The van der Waals surface area contributed by atoms with Gasteiger partial charge in [0.15, 0.2) is 5.96 Å². The monoisotopic (exact) mass is 385 g/mol. The van der Waals surface area contributed by atoms with Crippen molar-refractivity contribution in [1.82, 2.24) is 10.6 Å². The molecule has 2 unspecified atom stereocenters. The smallest absolute Gasteiger partial charge is 0.191 e. The highest BCUT2D eigenvalue weighted by molar-refractivity contribution is 14.0. The fourth-order valence-corrected chi connectivity index (χ4v) is 2.10. The lowest BCUT2D eigenvalue weighted by Gasteiger charge is -2.24. The summed E-state index contributed by atoms with van der Waals surface area (Å²) < 4.78 is 16.5. The van der Waals surface area contributed by atoms with Gasteiger partial charge in [0.05, 0.1) is 32.0 Å². The third-order valence-corrected chi connectivity index (χ3v) is 3.13. The molecule has 0 spiro atoms. The van der Waals surface area contributed by atoms with Crippen LogP contribution in [-0.2, 0) is 14.2 Å². The first kappa shape index (κ1) is 16.9. The maximum Gasteiger partial charge on any atom is 0.191 e. The Hall–Kier alpha value is -0.120. The molecule has 2 aliphatic heterocycles. The van der Waals surface area contributed by atoms with E-state index in [9.17, 15) is 0 Å². The molecule has 0 aromatic heterocycles. The second-order valence-corrected chi connectivity index (χ2v) is 4.54. The lowest BCUT2D eigenvalue weighted by molar-refractivity contribution is -0.0850. The molecule has 0 radical (unpaired) electrons. The van der Waals surface area contributed by atoms with Crippen molar-refractivity contribution < 1.29 is 14.2 Å². The molecule has 7 heteroatoms. The van der Waals surface area contributed by atoms with E-state index in [1.54, 1.807) is 7.05 Å². The van der Waals surface area contributed by atoms with E-state index in [4.69, 9.17) is 14.2 Å². The van der Waals surface area contributed by atoms with Crippen LogP contribution >= 0.6 is 24.0 Å². The number of ether oxygens (including phenoxy) is 3. The summed E-state index contributed by atoms with van der Waals surface area (Å²) in [6.07, 6.45) is 2.72. The van der Waals surface area contributed by atoms with Gasteiger partial charge >= 0.3 is 0 Å². The molecule has 0 saturated carbocycles. The maximum absolute atomic E-state index is 5.56. The summed E-state index contributed by atoms with van der Waals surface area (Å²) in [6, 6.07) is 0. The second-order valence-electron chi connectivity index (χ2n) is 4.54. The fraction of sp³-hybridized carbons (Fsp3) is 0.917. The van der Waals surface area contributed by atoms with Crippen molar-refractivity contribution in [3.8, 4) is 0 Å². The van der Waals surface area contributed by atoms with Crippen LogP contribution in [0, 0.1) is 0 Å². The highest BCUT2D eigenvalue weighted by atomic mass is 127. The van der Waals surface area contributed by atoms with Crippen molar-refractivity contribution in [1.29, 1.82) is 0 Å². The predicted molar refractivity (Wildman–Crippen MR) is 84.3 cm³/mol. The highest BCUT2D eigenvalue weighted by Crippen LogP contribution is 2.10. The molecule has 2 rings (SSSR count). The number of guanidine groups is 1. The predicted octanol–water partition coefficient (Wildman–Crippen LogP) is 0.364. The molecule has 19 heavy (non-hydrogen) atoms. The van der Waals surface area contributed by atoms with E-state index in [0.29, 0.717) is 32.5 Å². The Morgan fingerprint density at radius 1 is 1.11 bits per heavy atom. The Morgan fingerprint density at radius 3 is 2.42 bits per heavy atom. The van der Waals surface area contributed by atoms with Crippen molar-refractivity contribution in [2.24, 2.45) is 4.99 Å². The second kappa shape index (κ2) is 9.73. The van der Waals surface area contributed by atoms with E-state index in [0.717, 1.165) is 32.0 Å². The summed E-state index contributed by atoms with van der Waals surface area (Å²) in [5.41, 5.74) is 0. The summed E-state index contributed by atoms with van der Waals surface area (Å²) in [6.45, 7) is 4.42. The summed E-state index contributed by atoms with van der Waals surface area (Å²) in [7, 11) is 1.77. The minimum Gasteiger partial charge on any atom is -0.376 e. The Morgan fingerprint density at radius 2 is 1.84 bits per heavy atom. The number of aliphatic imine (C=N–C) groups is 1. The van der Waals surface area contributed by atoms with Gasteiger partial charge in [0.25, 0.3) is 0 Å². The first-order chi connectivity index (χ1) is 8.88. The third kappa shape index (κ3) is 6.24. The average molecular weight is 385 g/mol. The quantitative estimate of drug-likeness (QED) is 0.416. The van der Waals surface area contributed by atoms with Crippen molar-refractivity contribution in [2.45, 2.75) is 25.0 Å². The van der Waals surface area contributed by atoms with Crippen LogP contribution in [0.15, 0.2) is 4.99 Å². The average Bonchev–Trinajstić information content (AvgIpc) is 2.93. The summed E-state index contributed by atoms with van der Waals surface area (Å²) in [5.74, 6) is 0.791. The molecule has 2 saturated heterocycles. The van der Waals surface area contributed by atoms with Gasteiger partial charge < -0.3 is 24.8 Å². The minimum absolute atomic E-state index is 0. The van der Waals surface area contributed by atoms with Gasteiger partial charge in [0.2, 0.25) is 0 Å². The highest BCUT2D eigenvalue weighted by Gasteiger charge is 2.17. The Bertz CT molecular complexity index is 267. The van der Waals surface area contributed by atoms with Crippen molar-refractivity contribution in [2.75, 3.05) is 46.6 Å². The van der Waals surface area contributed by atoms with Crippen LogP contribution in [-0.4, -0.2) is 64.7 Å². The molecule has 2 atom stereocenters. The molecule has 2 heterocycles. The molecule has 0 aromatic rings. The third-order valence-electron chi connectivity index (χ3n) is 3.13. The molecular weight excluding hydrogens is 361 g/mol. The van der Waals surface area contributed by atoms with Gasteiger partial charge in [-0.25, -0.2) is 0 Å². The zero-order valence-corrected chi connectivity index (χ0v) is 13.7. The first-order valence-corrected chi connectivity index (χ1v) is 6.64. The van der Waals surface area contributed by atoms with Gasteiger partial charge in [0, 0.05) is 26.7 Å². The summed E-state index contributed by atoms with van der Waals surface area (Å²) in [4.78, 5) is 4.18. The van der Waals surface area contributed by atoms with Crippen LogP contribution in [0.2, 0.25) is 0 Å².